The Kier molecular flexibility index (Phi) is 6.05. The molecule has 3 rings (SSSR count). The van der Waals surface area contributed by atoms with Gasteiger partial charge < -0.3 is 15.2 Å². The van der Waals surface area contributed by atoms with Crippen LogP contribution < -0.4 is 5.32 Å². The molecule has 1 fully saturated rings. The fraction of sp³-hybridized carbons (Fsp3) is 0.471. The number of thioether (sulfide) groups is 1. The minimum Gasteiger partial charge on any atom is -0.351 e. The second-order valence-corrected chi connectivity index (χ2v) is 9.62. The highest BCUT2D eigenvalue weighted by Crippen LogP contribution is 2.19. The molecular formula is C17H22N4O4S2. The zero-order valence-electron chi connectivity index (χ0n) is 15.0. The third-order valence-electron chi connectivity index (χ3n) is 4.37. The normalized spacial score (nSPS) is 18.5. The average Bonchev–Trinajstić information content (AvgIpc) is 3.19. The second kappa shape index (κ2) is 8.30. The van der Waals surface area contributed by atoms with Gasteiger partial charge in [0, 0.05) is 12.6 Å². The molecule has 2 amide bonds. The van der Waals surface area contributed by atoms with Gasteiger partial charge in [-0.15, -0.1) is 0 Å². The Balaban J connectivity index is 1.50. The van der Waals surface area contributed by atoms with Gasteiger partial charge in [0.15, 0.2) is 15.0 Å². The molecule has 1 unspecified atom stereocenters. The van der Waals surface area contributed by atoms with Crippen LogP contribution in [0.25, 0.3) is 11.0 Å². The van der Waals surface area contributed by atoms with Crippen molar-refractivity contribution in [2.24, 2.45) is 0 Å². The van der Waals surface area contributed by atoms with Crippen molar-refractivity contribution in [1.82, 2.24) is 20.2 Å². The Morgan fingerprint density at radius 3 is 2.81 bits per heavy atom. The minimum absolute atomic E-state index is 0.0271. The number of carbonyl (C=O) groups excluding carboxylic acids is 2. The molecular weight excluding hydrogens is 388 g/mol. The summed E-state index contributed by atoms with van der Waals surface area (Å²) in [7, 11) is -3.05. The lowest BCUT2D eigenvalue weighted by Gasteiger charge is -2.21. The standard InChI is InChI=1S/C17H22N4O4S2/c1-2-21(9-15(22)18-12-7-8-27(24,25)11-12)16(23)10-26-17-19-13-5-3-4-6-14(13)20-17/h3-6,12H,2,7-11H2,1H3,(H,18,22)(H,19,20). The molecule has 0 aliphatic carbocycles. The number of nitrogens with zero attached hydrogens (tertiary/aromatic N) is 2. The Morgan fingerprint density at radius 2 is 2.15 bits per heavy atom. The first-order chi connectivity index (χ1) is 12.9. The maximum atomic E-state index is 12.4. The first-order valence-electron chi connectivity index (χ1n) is 8.71. The van der Waals surface area contributed by atoms with Crippen molar-refractivity contribution in [2.75, 3.05) is 30.3 Å². The number of fused-ring (bicyclic) bond motifs is 1. The number of aromatic amines is 1. The number of carbonyl (C=O) groups is 2. The topological polar surface area (TPSA) is 112 Å². The lowest BCUT2D eigenvalue weighted by molar-refractivity contribution is -0.134. The number of likely N-dealkylation sites (N-methyl/N-ethyl adjacent to an activating group) is 1. The minimum atomic E-state index is -3.05. The number of aromatic nitrogens is 2. The summed E-state index contributed by atoms with van der Waals surface area (Å²) in [6.07, 6.45) is 0.427. The lowest BCUT2D eigenvalue weighted by atomic mass is 10.2. The van der Waals surface area contributed by atoms with E-state index in [4.69, 9.17) is 0 Å². The Labute approximate surface area is 162 Å². The van der Waals surface area contributed by atoms with Gasteiger partial charge >= 0.3 is 0 Å². The first kappa shape index (κ1) is 19.7. The third-order valence-corrected chi connectivity index (χ3v) is 6.99. The van der Waals surface area contributed by atoms with E-state index in [1.807, 2.05) is 24.3 Å². The van der Waals surface area contributed by atoms with E-state index in [0.717, 1.165) is 11.0 Å². The zero-order chi connectivity index (χ0) is 19.4. The van der Waals surface area contributed by atoms with E-state index in [1.54, 1.807) is 6.92 Å². The molecule has 1 aliphatic heterocycles. The van der Waals surface area contributed by atoms with Gasteiger partial charge in [-0.05, 0) is 25.5 Å². The molecule has 8 nitrogen and oxygen atoms in total. The molecule has 10 heteroatoms. The van der Waals surface area contributed by atoms with E-state index in [-0.39, 0.29) is 41.7 Å². The number of sulfone groups is 1. The molecule has 27 heavy (non-hydrogen) atoms. The van der Waals surface area contributed by atoms with Gasteiger partial charge in [-0.1, -0.05) is 23.9 Å². The number of benzene rings is 1. The fourth-order valence-corrected chi connectivity index (χ4v) is 5.41. The van der Waals surface area contributed by atoms with E-state index in [9.17, 15) is 18.0 Å². The fourth-order valence-electron chi connectivity index (χ4n) is 2.95. The highest BCUT2D eigenvalue weighted by Gasteiger charge is 2.29. The van der Waals surface area contributed by atoms with Crippen LogP contribution in [-0.4, -0.2) is 71.5 Å². The number of hydrogen-bond donors (Lipinski definition) is 2. The molecule has 1 atom stereocenters. The van der Waals surface area contributed by atoms with E-state index in [1.165, 1.54) is 16.7 Å². The van der Waals surface area contributed by atoms with Crippen molar-refractivity contribution < 1.29 is 18.0 Å². The average molecular weight is 411 g/mol. The lowest BCUT2D eigenvalue weighted by Crippen LogP contribution is -2.45. The monoisotopic (exact) mass is 410 g/mol. The third kappa shape index (κ3) is 5.23. The van der Waals surface area contributed by atoms with Gasteiger partial charge in [-0.2, -0.15) is 0 Å². The molecule has 2 N–H and O–H groups in total. The molecule has 2 heterocycles. The van der Waals surface area contributed by atoms with Crippen LogP contribution in [0, 0.1) is 0 Å². The summed E-state index contributed by atoms with van der Waals surface area (Å²) in [5, 5.41) is 3.36. The molecule has 1 aromatic carbocycles. The summed E-state index contributed by atoms with van der Waals surface area (Å²) in [5.74, 6) is -0.264. The smallest absolute Gasteiger partial charge is 0.239 e. The number of H-pyrrole nitrogens is 1. The molecule has 1 aliphatic rings. The molecule has 146 valence electrons. The summed E-state index contributed by atoms with van der Waals surface area (Å²) < 4.78 is 22.9. The van der Waals surface area contributed by atoms with E-state index in [0.29, 0.717) is 18.1 Å². The summed E-state index contributed by atoms with van der Waals surface area (Å²) in [6, 6.07) is 7.26. The van der Waals surface area contributed by atoms with Gasteiger partial charge in [0.05, 0.1) is 34.8 Å². The van der Waals surface area contributed by atoms with E-state index >= 15 is 0 Å². The number of nitrogens with one attached hydrogen (secondary N) is 2. The van der Waals surface area contributed by atoms with Crippen LogP contribution in [-0.2, 0) is 19.4 Å². The zero-order valence-corrected chi connectivity index (χ0v) is 16.6. The second-order valence-electron chi connectivity index (χ2n) is 6.42. The van der Waals surface area contributed by atoms with Gasteiger partial charge in [-0.25, -0.2) is 13.4 Å². The van der Waals surface area contributed by atoms with Crippen molar-refractivity contribution in [3.63, 3.8) is 0 Å². The largest absolute Gasteiger partial charge is 0.351 e. The van der Waals surface area contributed by atoms with Crippen molar-refractivity contribution in [3.8, 4) is 0 Å². The van der Waals surface area contributed by atoms with Crippen LogP contribution in [0.3, 0.4) is 0 Å². The van der Waals surface area contributed by atoms with E-state index < -0.39 is 9.84 Å². The Bertz CT molecular complexity index is 908. The van der Waals surface area contributed by atoms with E-state index in [2.05, 4.69) is 15.3 Å². The molecule has 0 radical (unpaired) electrons. The number of imidazole rings is 1. The van der Waals surface area contributed by atoms with Gasteiger partial charge in [0.25, 0.3) is 0 Å². The van der Waals surface area contributed by atoms with Crippen molar-refractivity contribution >= 4 is 44.4 Å². The number of amides is 2. The molecule has 0 spiro atoms. The van der Waals surface area contributed by atoms with Crippen LogP contribution in [0.4, 0.5) is 0 Å². The van der Waals surface area contributed by atoms with Crippen LogP contribution in [0.15, 0.2) is 29.4 Å². The van der Waals surface area contributed by atoms with Crippen LogP contribution in [0.2, 0.25) is 0 Å². The summed E-state index contributed by atoms with van der Waals surface area (Å²) in [6.45, 7) is 2.12. The van der Waals surface area contributed by atoms with Crippen LogP contribution >= 0.6 is 11.8 Å². The van der Waals surface area contributed by atoms with Gasteiger partial charge in [0.2, 0.25) is 11.8 Å². The number of hydrogen-bond acceptors (Lipinski definition) is 6. The molecule has 1 saturated heterocycles. The quantitative estimate of drug-likeness (QED) is 0.653. The van der Waals surface area contributed by atoms with Crippen molar-refractivity contribution in [1.29, 1.82) is 0 Å². The summed E-state index contributed by atoms with van der Waals surface area (Å²) in [4.78, 5) is 33.6. The Hall–Kier alpha value is -2.07. The molecule has 1 aromatic heterocycles. The van der Waals surface area contributed by atoms with Gasteiger partial charge in [0.1, 0.15) is 0 Å². The summed E-state index contributed by atoms with van der Waals surface area (Å²) >= 11 is 1.29. The van der Waals surface area contributed by atoms with Crippen LogP contribution in [0.1, 0.15) is 13.3 Å². The maximum Gasteiger partial charge on any atom is 0.239 e. The molecule has 0 bridgehead atoms. The molecule has 2 aromatic rings. The van der Waals surface area contributed by atoms with Crippen LogP contribution in [0.5, 0.6) is 0 Å². The van der Waals surface area contributed by atoms with Gasteiger partial charge in [-0.3, -0.25) is 9.59 Å². The van der Waals surface area contributed by atoms with Crippen molar-refractivity contribution in [3.05, 3.63) is 24.3 Å². The highest BCUT2D eigenvalue weighted by molar-refractivity contribution is 7.99. The first-order valence-corrected chi connectivity index (χ1v) is 11.5. The van der Waals surface area contributed by atoms with Crippen molar-refractivity contribution in [2.45, 2.75) is 24.5 Å². The SMILES string of the molecule is CCN(CC(=O)NC1CCS(=O)(=O)C1)C(=O)CSc1nc2ccccc2[nH]1. The maximum absolute atomic E-state index is 12.4. The number of rotatable bonds is 7. The number of para-hydroxylation sites is 2. The Morgan fingerprint density at radius 1 is 1.37 bits per heavy atom. The predicted molar refractivity (Wildman–Crippen MR) is 104 cm³/mol. The highest BCUT2D eigenvalue weighted by atomic mass is 32.2. The predicted octanol–water partition coefficient (Wildman–Crippen LogP) is 0.807. The molecule has 0 saturated carbocycles. The summed E-state index contributed by atoms with van der Waals surface area (Å²) in [5.41, 5.74) is 1.75.